The minimum atomic E-state index is 0.943. The number of rotatable bonds is 2. The Labute approximate surface area is 153 Å². The predicted octanol–water partition coefficient (Wildman–Crippen LogP) is 6.82. The summed E-state index contributed by atoms with van der Waals surface area (Å²) in [7, 11) is 0. The summed E-state index contributed by atoms with van der Waals surface area (Å²) >= 11 is 0. The van der Waals surface area contributed by atoms with Gasteiger partial charge in [-0.25, -0.2) is 0 Å². The van der Waals surface area contributed by atoms with Gasteiger partial charge < -0.3 is 0 Å². The molecule has 1 heterocycles. The smallest absolute Gasteiger partial charge is 0.0718 e. The van der Waals surface area contributed by atoms with Crippen molar-refractivity contribution >= 4 is 43.2 Å². The SMILES string of the molecule is CCc1ccc2cc3c(cc2c1)c(CC)nc1ccc2ccccc2c13. The van der Waals surface area contributed by atoms with E-state index in [1.807, 2.05) is 0 Å². The van der Waals surface area contributed by atoms with Gasteiger partial charge >= 0.3 is 0 Å². The topological polar surface area (TPSA) is 12.9 Å². The monoisotopic (exact) mass is 335 g/mol. The van der Waals surface area contributed by atoms with Crippen molar-refractivity contribution in [3.8, 4) is 0 Å². The van der Waals surface area contributed by atoms with E-state index in [1.165, 1.54) is 49.0 Å². The third kappa shape index (κ3) is 2.20. The molecule has 1 heteroatoms. The summed E-state index contributed by atoms with van der Waals surface area (Å²) in [5.74, 6) is 0. The molecule has 0 N–H and O–H groups in total. The van der Waals surface area contributed by atoms with Gasteiger partial charge in [-0.05, 0) is 63.5 Å². The highest BCUT2D eigenvalue weighted by molar-refractivity contribution is 6.21. The number of hydrogen-bond donors (Lipinski definition) is 0. The third-order valence-corrected chi connectivity index (χ3v) is 5.53. The second-order valence-corrected chi connectivity index (χ2v) is 7.03. The summed E-state index contributed by atoms with van der Waals surface area (Å²) in [5.41, 5.74) is 3.67. The highest BCUT2D eigenvalue weighted by Crippen LogP contribution is 2.35. The quantitative estimate of drug-likeness (QED) is 0.255. The van der Waals surface area contributed by atoms with Gasteiger partial charge in [0.2, 0.25) is 0 Å². The Balaban J connectivity index is 2.02. The molecular weight excluding hydrogens is 314 g/mol. The lowest BCUT2D eigenvalue weighted by molar-refractivity contribution is 1.08. The van der Waals surface area contributed by atoms with Gasteiger partial charge in [-0.15, -0.1) is 0 Å². The fraction of sp³-hybridized carbons (Fsp3) is 0.160. The van der Waals surface area contributed by atoms with Crippen molar-refractivity contribution in [2.24, 2.45) is 0 Å². The second-order valence-electron chi connectivity index (χ2n) is 7.03. The molecule has 0 fully saturated rings. The molecule has 4 aromatic carbocycles. The van der Waals surface area contributed by atoms with Crippen LogP contribution >= 0.6 is 0 Å². The van der Waals surface area contributed by atoms with E-state index < -0.39 is 0 Å². The van der Waals surface area contributed by atoms with Crippen LogP contribution in [0.3, 0.4) is 0 Å². The van der Waals surface area contributed by atoms with Crippen LogP contribution in [-0.2, 0) is 12.8 Å². The lowest BCUT2D eigenvalue weighted by atomic mass is 9.94. The lowest BCUT2D eigenvalue weighted by Crippen LogP contribution is -1.93. The number of benzene rings is 4. The Bertz CT molecular complexity index is 1300. The van der Waals surface area contributed by atoms with Crippen molar-refractivity contribution in [3.05, 3.63) is 78.0 Å². The zero-order valence-electron chi connectivity index (χ0n) is 15.2. The van der Waals surface area contributed by atoms with Crippen molar-refractivity contribution in [3.63, 3.8) is 0 Å². The number of nitrogens with zero attached hydrogens (tertiary/aromatic N) is 1. The molecule has 0 saturated heterocycles. The highest BCUT2D eigenvalue weighted by Gasteiger charge is 2.11. The number of fused-ring (bicyclic) bond motifs is 6. The van der Waals surface area contributed by atoms with Gasteiger partial charge in [0.25, 0.3) is 0 Å². The van der Waals surface area contributed by atoms with Gasteiger partial charge in [-0.1, -0.05) is 62.4 Å². The minimum absolute atomic E-state index is 0.943. The molecule has 0 saturated carbocycles. The molecule has 1 aromatic heterocycles. The molecule has 1 nitrogen and oxygen atoms in total. The minimum Gasteiger partial charge on any atom is -0.252 e. The summed E-state index contributed by atoms with van der Waals surface area (Å²) < 4.78 is 0. The average Bonchev–Trinajstić information content (AvgIpc) is 2.70. The third-order valence-electron chi connectivity index (χ3n) is 5.53. The fourth-order valence-corrected chi connectivity index (χ4v) is 4.12. The lowest BCUT2D eigenvalue weighted by Gasteiger charge is -2.13. The zero-order valence-corrected chi connectivity index (χ0v) is 15.2. The molecule has 0 atom stereocenters. The molecule has 0 amide bonds. The summed E-state index contributed by atoms with van der Waals surface area (Å²) in [6.07, 6.45) is 2.01. The molecular formula is C25H21N. The van der Waals surface area contributed by atoms with Crippen LogP contribution in [0.2, 0.25) is 0 Å². The highest BCUT2D eigenvalue weighted by atomic mass is 14.7. The van der Waals surface area contributed by atoms with Gasteiger partial charge in [0.15, 0.2) is 0 Å². The van der Waals surface area contributed by atoms with Gasteiger partial charge in [-0.3, -0.25) is 4.98 Å². The normalized spacial score (nSPS) is 11.8. The number of pyridine rings is 1. The van der Waals surface area contributed by atoms with Crippen LogP contribution in [0.1, 0.15) is 25.1 Å². The Morgan fingerprint density at radius 1 is 0.654 bits per heavy atom. The predicted molar refractivity (Wildman–Crippen MR) is 113 cm³/mol. The van der Waals surface area contributed by atoms with Crippen molar-refractivity contribution in [2.75, 3.05) is 0 Å². The first kappa shape index (κ1) is 15.3. The van der Waals surface area contributed by atoms with E-state index in [0.717, 1.165) is 18.4 Å². The molecule has 0 spiro atoms. The maximum absolute atomic E-state index is 5.02. The van der Waals surface area contributed by atoms with E-state index >= 15 is 0 Å². The summed E-state index contributed by atoms with van der Waals surface area (Å²) in [6, 6.07) is 24.5. The van der Waals surface area contributed by atoms with Gasteiger partial charge in [0.1, 0.15) is 0 Å². The summed E-state index contributed by atoms with van der Waals surface area (Å²) in [4.78, 5) is 5.02. The molecule has 0 aliphatic rings. The van der Waals surface area contributed by atoms with E-state index in [9.17, 15) is 0 Å². The van der Waals surface area contributed by atoms with Crippen molar-refractivity contribution in [2.45, 2.75) is 26.7 Å². The van der Waals surface area contributed by atoms with E-state index in [0.29, 0.717) is 0 Å². The number of hydrogen-bond acceptors (Lipinski definition) is 1. The standard InChI is InChI=1S/C25H21N/c1-3-16-9-10-18-14-22-21(15-19(18)13-16)23(4-2)26-24-12-11-17-7-5-6-8-20(17)25(22)24/h5-15H,3-4H2,1-2H3. The van der Waals surface area contributed by atoms with E-state index in [4.69, 9.17) is 4.98 Å². The molecule has 126 valence electrons. The fourth-order valence-electron chi connectivity index (χ4n) is 4.12. The zero-order chi connectivity index (χ0) is 17.7. The van der Waals surface area contributed by atoms with Crippen LogP contribution in [0, 0.1) is 0 Å². The first-order chi connectivity index (χ1) is 12.8. The van der Waals surface area contributed by atoms with E-state index in [2.05, 4.69) is 80.6 Å². The first-order valence-electron chi connectivity index (χ1n) is 9.45. The molecule has 0 aliphatic heterocycles. The van der Waals surface area contributed by atoms with Crippen molar-refractivity contribution < 1.29 is 0 Å². The van der Waals surface area contributed by atoms with Crippen LogP contribution in [0.15, 0.2) is 66.7 Å². The molecule has 0 aliphatic carbocycles. The molecule has 0 radical (unpaired) electrons. The van der Waals surface area contributed by atoms with Crippen LogP contribution in [0.5, 0.6) is 0 Å². The van der Waals surface area contributed by atoms with Crippen LogP contribution in [0.25, 0.3) is 43.2 Å². The van der Waals surface area contributed by atoms with Crippen molar-refractivity contribution in [1.29, 1.82) is 0 Å². The molecule has 0 unspecified atom stereocenters. The molecule has 5 rings (SSSR count). The largest absolute Gasteiger partial charge is 0.252 e. The van der Waals surface area contributed by atoms with Gasteiger partial charge in [0.05, 0.1) is 5.52 Å². The van der Waals surface area contributed by atoms with Crippen LogP contribution in [0.4, 0.5) is 0 Å². The molecule has 0 bridgehead atoms. The Morgan fingerprint density at radius 3 is 2.31 bits per heavy atom. The molecule has 26 heavy (non-hydrogen) atoms. The van der Waals surface area contributed by atoms with E-state index in [1.54, 1.807) is 0 Å². The first-order valence-corrected chi connectivity index (χ1v) is 9.45. The Hall–Kier alpha value is -2.93. The maximum atomic E-state index is 5.02. The number of aromatic nitrogens is 1. The van der Waals surface area contributed by atoms with E-state index in [-0.39, 0.29) is 0 Å². The van der Waals surface area contributed by atoms with Crippen LogP contribution < -0.4 is 0 Å². The molecule has 5 aromatic rings. The van der Waals surface area contributed by atoms with Gasteiger partial charge in [0, 0.05) is 16.5 Å². The Kier molecular flexibility index (Phi) is 3.43. The Morgan fingerprint density at radius 2 is 1.46 bits per heavy atom. The number of aryl methyl sites for hydroxylation is 2. The summed E-state index contributed by atoms with van der Waals surface area (Å²) in [6.45, 7) is 4.40. The van der Waals surface area contributed by atoms with Crippen molar-refractivity contribution in [1.82, 2.24) is 4.98 Å². The second kappa shape index (κ2) is 5.81. The van der Waals surface area contributed by atoms with Gasteiger partial charge in [-0.2, -0.15) is 0 Å². The summed E-state index contributed by atoms with van der Waals surface area (Å²) in [5, 5.41) is 9.06. The average molecular weight is 335 g/mol. The maximum Gasteiger partial charge on any atom is 0.0718 e. The van der Waals surface area contributed by atoms with Crippen LogP contribution in [-0.4, -0.2) is 4.98 Å².